The molecule has 1 heterocycles. The van der Waals surface area contributed by atoms with Gasteiger partial charge in [0.1, 0.15) is 5.01 Å². The van der Waals surface area contributed by atoms with E-state index in [1.807, 2.05) is 6.92 Å². The quantitative estimate of drug-likeness (QED) is 0.857. The third-order valence-corrected chi connectivity index (χ3v) is 4.06. The van der Waals surface area contributed by atoms with Crippen molar-refractivity contribution >= 4 is 22.4 Å². The zero-order valence-electron chi connectivity index (χ0n) is 9.98. The molecule has 0 bridgehead atoms. The number of hydrogen-bond donors (Lipinski definition) is 2. The Hall–Kier alpha value is -1.01. The molecule has 0 radical (unpaired) electrons. The summed E-state index contributed by atoms with van der Waals surface area (Å²) in [6.45, 7) is 2.46. The van der Waals surface area contributed by atoms with Crippen molar-refractivity contribution in [3.63, 3.8) is 0 Å². The van der Waals surface area contributed by atoms with Gasteiger partial charge in [0.05, 0.1) is 0 Å². The molecular weight excluding hydrogens is 236 g/mol. The Bertz CT molecular complexity index is 393. The van der Waals surface area contributed by atoms with Gasteiger partial charge in [-0.3, -0.25) is 4.79 Å². The monoisotopic (exact) mass is 254 g/mol. The maximum Gasteiger partial charge on any atom is 0.229 e. The molecule has 1 aliphatic rings. The number of aromatic nitrogens is 2. The Balaban J connectivity index is 1.98. The Morgan fingerprint density at radius 3 is 2.88 bits per heavy atom. The van der Waals surface area contributed by atoms with Crippen LogP contribution in [0.4, 0.5) is 5.13 Å². The van der Waals surface area contributed by atoms with E-state index in [0.29, 0.717) is 17.6 Å². The minimum Gasteiger partial charge on any atom is -0.330 e. The molecule has 1 aromatic rings. The molecule has 2 atom stereocenters. The first-order chi connectivity index (χ1) is 8.20. The van der Waals surface area contributed by atoms with Crippen molar-refractivity contribution in [1.82, 2.24) is 10.2 Å². The second kappa shape index (κ2) is 5.55. The van der Waals surface area contributed by atoms with Gasteiger partial charge in [-0.25, -0.2) is 0 Å². The number of carbonyl (C=O) groups excluding carboxylic acids is 1. The standard InChI is InChI=1S/C11H18N4OS/c1-7-14-15-11(17-7)13-10(16)9-5-3-2-4-8(9)6-12/h8-9H,2-6,12H2,1H3,(H,13,15,16). The van der Waals surface area contributed by atoms with Crippen LogP contribution in [0.25, 0.3) is 0 Å². The zero-order valence-corrected chi connectivity index (χ0v) is 10.8. The van der Waals surface area contributed by atoms with Crippen LogP contribution in [0.15, 0.2) is 0 Å². The maximum atomic E-state index is 12.1. The fourth-order valence-electron chi connectivity index (χ4n) is 2.38. The van der Waals surface area contributed by atoms with E-state index in [4.69, 9.17) is 5.73 Å². The van der Waals surface area contributed by atoms with Crippen molar-refractivity contribution < 1.29 is 4.79 Å². The van der Waals surface area contributed by atoms with Gasteiger partial charge in [0, 0.05) is 5.92 Å². The van der Waals surface area contributed by atoms with Crippen LogP contribution in [-0.2, 0) is 4.79 Å². The van der Waals surface area contributed by atoms with Crippen molar-refractivity contribution in [1.29, 1.82) is 0 Å². The SMILES string of the molecule is Cc1nnc(NC(=O)C2CCCCC2CN)s1. The lowest BCUT2D eigenvalue weighted by molar-refractivity contribution is -0.122. The molecule has 1 aromatic heterocycles. The summed E-state index contributed by atoms with van der Waals surface area (Å²) < 4.78 is 0. The van der Waals surface area contributed by atoms with Crippen molar-refractivity contribution in [2.75, 3.05) is 11.9 Å². The summed E-state index contributed by atoms with van der Waals surface area (Å²) >= 11 is 1.40. The van der Waals surface area contributed by atoms with E-state index in [2.05, 4.69) is 15.5 Å². The van der Waals surface area contributed by atoms with Crippen LogP contribution < -0.4 is 11.1 Å². The first-order valence-corrected chi connectivity index (χ1v) is 6.83. The molecule has 1 aliphatic carbocycles. The molecule has 17 heavy (non-hydrogen) atoms. The van der Waals surface area contributed by atoms with Crippen molar-refractivity contribution in [3.8, 4) is 0 Å². The number of anilines is 1. The van der Waals surface area contributed by atoms with Gasteiger partial charge in [-0.2, -0.15) is 0 Å². The van der Waals surface area contributed by atoms with E-state index >= 15 is 0 Å². The number of nitrogens with zero attached hydrogens (tertiary/aromatic N) is 2. The van der Waals surface area contributed by atoms with Crippen LogP contribution in [0, 0.1) is 18.8 Å². The first-order valence-electron chi connectivity index (χ1n) is 6.01. The maximum absolute atomic E-state index is 12.1. The second-order valence-electron chi connectivity index (χ2n) is 4.50. The Morgan fingerprint density at radius 2 is 2.24 bits per heavy atom. The summed E-state index contributed by atoms with van der Waals surface area (Å²) in [5.41, 5.74) is 5.72. The van der Waals surface area contributed by atoms with Crippen LogP contribution in [-0.4, -0.2) is 22.6 Å². The van der Waals surface area contributed by atoms with E-state index in [9.17, 15) is 4.79 Å². The Labute approximate surface area is 105 Å². The fraction of sp³-hybridized carbons (Fsp3) is 0.727. The van der Waals surface area contributed by atoms with Gasteiger partial charge in [-0.15, -0.1) is 10.2 Å². The molecule has 0 aliphatic heterocycles. The molecule has 0 aromatic carbocycles. The van der Waals surface area contributed by atoms with Gasteiger partial charge in [-0.05, 0) is 32.2 Å². The summed E-state index contributed by atoms with van der Waals surface area (Å²) in [6.07, 6.45) is 4.29. The van der Waals surface area contributed by atoms with E-state index in [-0.39, 0.29) is 11.8 Å². The molecule has 0 saturated heterocycles. The molecule has 5 nitrogen and oxygen atoms in total. The van der Waals surface area contributed by atoms with Crippen LogP contribution in [0.5, 0.6) is 0 Å². The minimum atomic E-state index is 0.0398. The summed E-state index contributed by atoms with van der Waals surface area (Å²) in [5.74, 6) is 0.409. The highest BCUT2D eigenvalue weighted by molar-refractivity contribution is 7.15. The lowest BCUT2D eigenvalue weighted by Gasteiger charge is -2.29. The number of amides is 1. The predicted octanol–water partition coefficient (Wildman–Crippen LogP) is 1.55. The number of nitrogens with one attached hydrogen (secondary N) is 1. The van der Waals surface area contributed by atoms with Crippen molar-refractivity contribution in [2.24, 2.45) is 17.6 Å². The van der Waals surface area contributed by atoms with Crippen LogP contribution in [0.2, 0.25) is 0 Å². The highest BCUT2D eigenvalue weighted by atomic mass is 32.1. The molecule has 1 fully saturated rings. The lowest BCUT2D eigenvalue weighted by Crippen LogP contribution is -2.35. The van der Waals surface area contributed by atoms with E-state index < -0.39 is 0 Å². The van der Waals surface area contributed by atoms with Gasteiger partial charge in [0.15, 0.2) is 0 Å². The highest BCUT2D eigenvalue weighted by Gasteiger charge is 2.30. The van der Waals surface area contributed by atoms with E-state index in [1.54, 1.807) is 0 Å². The smallest absolute Gasteiger partial charge is 0.229 e. The molecular formula is C11H18N4OS. The molecule has 0 spiro atoms. The molecule has 6 heteroatoms. The average molecular weight is 254 g/mol. The van der Waals surface area contributed by atoms with Gasteiger partial charge < -0.3 is 11.1 Å². The van der Waals surface area contributed by atoms with Gasteiger partial charge in [-0.1, -0.05) is 24.2 Å². The summed E-state index contributed by atoms with van der Waals surface area (Å²) in [6, 6.07) is 0. The molecule has 94 valence electrons. The van der Waals surface area contributed by atoms with Gasteiger partial charge >= 0.3 is 0 Å². The molecule has 1 saturated carbocycles. The number of aryl methyl sites for hydroxylation is 1. The Kier molecular flexibility index (Phi) is 4.06. The normalized spacial score (nSPS) is 24.6. The van der Waals surface area contributed by atoms with Gasteiger partial charge in [0.2, 0.25) is 11.0 Å². The largest absolute Gasteiger partial charge is 0.330 e. The number of rotatable bonds is 3. The molecule has 2 unspecified atom stereocenters. The second-order valence-corrected chi connectivity index (χ2v) is 5.68. The Morgan fingerprint density at radius 1 is 1.47 bits per heavy atom. The van der Waals surface area contributed by atoms with Gasteiger partial charge in [0.25, 0.3) is 0 Å². The fourth-order valence-corrected chi connectivity index (χ4v) is 2.97. The number of carbonyl (C=O) groups is 1. The molecule has 2 rings (SSSR count). The zero-order chi connectivity index (χ0) is 12.3. The molecule has 3 N–H and O–H groups in total. The molecule has 1 amide bonds. The number of hydrogen-bond acceptors (Lipinski definition) is 5. The summed E-state index contributed by atoms with van der Waals surface area (Å²) in [7, 11) is 0. The summed E-state index contributed by atoms with van der Waals surface area (Å²) in [4.78, 5) is 12.1. The topological polar surface area (TPSA) is 80.9 Å². The third-order valence-electron chi connectivity index (χ3n) is 3.30. The van der Waals surface area contributed by atoms with E-state index in [1.165, 1.54) is 17.8 Å². The first kappa shape index (κ1) is 12.4. The van der Waals surface area contributed by atoms with Crippen LogP contribution in [0.1, 0.15) is 30.7 Å². The summed E-state index contributed by atoms with van der Waals surface area (Å²) in [5, 5.41) is 12.1. The van der Waals surface area contributed by atoms with Crippen molar-refractivity contribution in [2.45, 2.75) is 32.6 Å². The van der Waals surface area contributed by atoms with E-state index in [0.717, 1.165) is 24.3 Å². The van der Waals surface area contributed by atoms with Crippen LogP contribution >= 0.6 is 11.3 Å². The third kappa shape index (κ3) is 3.01. The minimum absolute atomic E-state index is 0.0398. The highest BCUT2D eigenvalue weighted by Crippen LogP contribution is 2.30. The number of nitrogens with two attached hydrogens (primary N) is 1. The predicted molar refractivity (Wildman–Crippen MR) is 67.8 cm³/mol. The van der Waals surface area contributed by atoms with Crippen molar-refractivity contribution in [3.05, 3.63) is 5.01 Å². The van der Waals surface area contributed by atoms with Crippen LogP contribution in [0.3, 0.4) is 0 Å². The average Bonchev–Trinajstić information content (AvgIpc) is 2.74. The lowest BCUT2D eigenvalue weighted by atomic mass is 9.79.